The number of guanidine groups is 1. The van der Waals surface area contributed by atoms with E-state index in [0.717, 1.165) is 55.7 Å². The van der Waals surface area contributed by atoms with Gasteiger partial charge in [-0.15, -0.1) is 0 Å². The molecule has 5 N–H and O–H groups in total. The number of nitrogens with one attached hydrogen (secondary N) is 1. The zero-order chi connectivity index (χ0) is 25.9. The lowest BCUT2D eigenvalue weighted by Gasteiger charge is -2.33. The number of nitrogens with two attached hydrogens (primary N) is 2. The number of aliphatic imine (C=N–C) groups is 1. The van der Waals surface area contributed by atoms with Gasteiger partial charge in [0.15, 0.2) is 23.3 Å². The van der Waals surface area contributed by atoms with E-state index in [1.165, 1.54) is 0 Å². The van der Waals surface area contributed by atoms with E-state index < -0.39 is 0 Å². The summed E-state index contributed by atoms with van der Waals surface area (Å²) in [6.45, 7) is 3.36. The highest BCUT2D eigenvalue weighted by molar-refractivity contribution is 5.78. The van der Waals surface area contributed by atoms with E-state index >= 15 is 0 Å². The number of hydrogen-bond donors (Lipinski definition) is 3. The molecule has 12 nitrogen and oxygen atoms in total. The number of aromatic nitrogens is 4. The second kappa shape index (κ2) is 10.4. The number of rotatable bonds is 7. The summed E-state index contributed by atoms with van der Waals surface area (Å²) in [7, 11) is 3.80. The van der Waals surface area contributed by atoms with Crippen LogP contribution in [0.4, 0.5) is 17.5 Å². The minimum atomic E-state index is -0.284. The molecule has 2 aromatic heterocycles. The van der Waals surface area contributed by atoms with E-state index in [0.29, 0.717) is 29.8 Å². The largest absolute Gasteiger partial charge is 0.450 e. The Labute approximate surface area is 215 Å². The monoisotopic (exact) mass is 504 g/mol. The number of piperidine rings is 1. The van der Waals surface area contributed by atoms with E-state index in [-0.39, 0.29) is 17.7 Å². The molecule has 1 fully saturated rings. The van der Waals surface area contributed by atoms with Crippen molar-refractivity contribution in [2.45, 2.75) is 25.3 Å². The average Bonchev–Trinajstić information content (AvgIpc) is 2.90. The molecule has 194 valence electrons. The van der Waals surface area contributed by atoms with Gasteiger partial charge in [0.1, 0.15) is 0 Å². The first-order chi connectivity index (χ1) is 17.9. The third kappa shape index (κ3) is 5.48. The topological polar surface area (TPSA) is 153 Å². The molecule has 0 unspecified atom stereocenters. The highest BCUT2D eigenvalue weighted by Gasteiger charge is 2.25. The highest BCUT2D eigenvalue weighted by atomic mass is 16.5. The normalized spacial score (nSPS) is 15.2. The van der Waals surface area contributed by atoms with E-state index in [2.05, 4.69) is 30.2 Å². The van der Waals surface area contributed by atoms with Crippen LogP contribution < -0.4 is 32.1 Å². The van der Waals surface area contributed by atoms with Crippen LogP contribution in [-0.4, -0.2) is 70.7 Å². The Morgan fingerprint density at radius 2 is 1.92 bits per heavy atom. The summed E-state index contributed by atoms with van der Waals surface area (Å²) >= 11 is 0. The number of likely N-dealkylation sites (tertiary alicyclic amines) is 1. The maximum absolute atomic E-state index is 12.9. The van der Waals surface area contributed by atoms with E-state index in [1.807, 2.05) is 37.2 Å². The van der Waals surface area contributed by atoms with Gasteiger partial charge in [0, 0.05) is 57.7 Å². The lowest BCUT2D eigenvalue weighted by atomic mass is 10.0. The molecule has 1 saturated heterocycles. The average molecular weight is 505 g/mol. The second-order valence-electron chi connectivity index (χ2n) is 9.48. The number of anilines is 3. The standard InChI is InChI=1S/C25H32N10O2/c1-33(2)24-29-13-17(14-30-24)16-4-5-20-19(12-16)31-22-21(37-20)15-35(25(36)32-22)18-6-10-34(11-7-18)9-3-8-28-23(26)27/h4-5,12-15,18H,3,6-11H2,1-2H3,(H4,26,27,28)(H,31,32,36). The third-order valence-electron chi connectivity index (χ3n) is 6.62. The van der Waals surface area contributed by atoms with Gasteiger partial charge in [-0.25, -0.2) is 14.8 Å². The van der Waals surface area contributed by atoms with Gasteiger partial charge >= 0.3 is 5.69 Å². The van der Waals surface area contributed by atoms with Crippen molar-refractivity contribution in [2.75, 3.05) is 50.5 Å². The van der Waals surface area contributed by atoms with Gasteiger partial charge < -0.3 is 31.3 Å². The zero-order valence-corrected chi connectivity index (χ0v) is 21.1. The second-order valence-corrected chi connectivity index (χ2v) is 9.48. The maximum atomic E-state index is 12.9. The molecule has 12 heteroatoms. The summed E-state index contributed by atoms with van der Waals surface area (Å²) in [5.41, 5.74) is 13.0. The Hall–Kier alpha value is -4.19. The quantitative estimate of drug-likeness (QED) is 0.193. The Morgan fingerprint density at radius 1 is 1.16 bits per heavy atom. The van der Waals surface area contributed by atoms with Crippen molar-refractivity contribution in [1.29, 1.82) is 0 Å². The van der Waals surface area contributed by atoms with Crippen molar-refractivity contribution < 1.29 is 4.74 Å². The smallest absolute Gasteiger partial charge is 0.350 e. The summed E-state index contributed by atoms with van der Waals surface area (Å²) < 4.78 is 7.85. The molecule has 0 radical (unpaired) electrons. The van der Waals surface area contributed by atoms with Crippen LogP contribution in [-0.2, 0) is 0 Å². The SMILES string of the molecule is CN(C)c1ncc(-c2ccc3c(c2)Nc2nc(=O)n(C4CCN(CCCN=C(N)N)CC4)cc2O3)cn1. The Balaban J connectivity index is 1.26. The molecule has 4 heterocycles. The molecule has 0 atom stereocenters. The Morgan fingerprint density at radius 3 is 2.62 bits per heavy atom. The minimum absolute atomic E-state index is 0.0803. The predicted octanol–water partition coefficient (Wildman–Crippen LogP) is 1.92. The van der Waals surface area contributed by atoms with Crippen molar-refractivity contribution in [3.63, 3.8) is 0 Å². The van der Waals surface area contributed by atoms with Gasteiger partial charge in [-0.1, -0.05) is 6.07 Å². The molecule has 0 spiro atoms. The molecule has 0 amide bonds. The molecular formula is C25H32N10O2. The van der Waals surface area contributed by atoms with Crippen molar-refractivity contribution in [3.8, 4) is 22.6 Å². The molecule has 5 rings (SSSR count). The van der Waals surface area contributed by atoms with Gasteiger partial charge in [0.2, 0.25) is 5.95 Å². The molecule has 3 aromatic rings. The molecular weight excluding hydrogens is 472 g/mol. The minimum Gasteiger partial charge on any atom is -0.450 e. The summed E-state index contributed by atoms with van der Waals surface area (Å²) in [5.74, 6) is 2.40. The molecule has 0 saturated carbocycles. The lowest BCUT2D eigenvalue weighted by Crippen LogP contribution is -2.38. The van der Waals surface area contributed by atoms with E-state index in [9.17, 15) is 4.79 Å². The van der Waals surface area contributed by atoms with Crippen LogP contribution in [0, 0.1) is 0 Å². The third-order valence-corrected chi connectivity index (χ3v) is 6.62. The Bertz CT molecular complexity index is 1340. The number of fused-ring (bicyclic) bond motifs is 2. The molecule has 2 aliphatic rings. The van der Waals surface area contributed by atoms with E-state index in [1.54, 1.807) is 23.2 Å². The first-order valence-electron chi connectivity index (χ1n) is 12.4. The lowest BCUT2D eigenvalue weighted by molar-refractivity contribution is 0.182. The van der Waals surface area contributed by atoms with Crippen LogP contribution in [0.2, 0.25) is 0 Å². The number of benzene rings is 1. The van der Waals surface area contributed by atoms with Crippen LogP contribution in [0.25, 0.3) is 11.1 Å². The molecule has 0 bridgehead atoms. The number of hydrogen-bond acceptors (Lipinski definition) is 9. The fraction of sp³-hybridized carbons (Fsp3) is 0.400. The molecule has 37 heavy (non-hydrogen) atoms. The molecule has 0 aliphatic carbocycles. The fourth-order valence-corrected chi connectivity index (χ4v) is 4.64. The van der Waals surface area contributed by atoms with Gasteiger partial charge in [-0.05, 0) is 43.5 Å². The van der Waals surface area contributed by atoms with Crippen molar-refractivity contribution in [3.05, 3.63) is 47.3 Å². The Kier molecular flexibility index (Phi) is 6.91. The highest BCUT2D eigenvalue weighted by Crippen LogP contribution is 2.42. The van der Waals surface area contributed by atoms with Crippen molar-refractivity contribution in [2.24, 2.45) is 16.5 Å². The number of ether oxygens (including phenoxy) is 1. The van der Waals surface area contributed by atoms with Crippen LogP contribution in [0.5, 0.6) is 11.5 Å². The van der Waals surface area contributed by atoms with Gasteiger partial charge in [-0.3, -0.25) is 9.56 Å². The van der Waals surface area contributed by atoms with Crippen LogP contribution in [0.1, 0.15) is 25.3 Å². The fourth-order valence-electron chi connectivity index (χ4n) is 4.64. The van der Waals surface area contributed by atoms with Crippen LogP contribution in [0.3, 0.4) is 0 Å². The predicted molar refractivity (Wildman–Crippen MR) is 144 cm³/mol. The summed E-state index contributed by atoms with van der Waals surface area (Å²) in [5, 5.41) is 3.26. The zero-order valence-electron chi connectivity index (χ0n) is 21.1. The van der Waals surface area contributed by atoms with Gasteiger partial charge in [0.05, 0.1) is 11.9 Å². The summed E-state index contributed by atoms with van der Waals surface area (Å²) in [6, 6.07) is 5.89. The van der Waals surface area contributed by atoms with Crippen LogP contribution >= 0.6 is 0 Å². The summed E-state index contributed by atoms with van der Waals surface area (Å²) in [6.07, 6.45) is 7.98. The maximum Gasteiger partial charge on any atom is 0.350 e. The van der Waals surface area contributed by atoms with Crippen molar-refractivity contribution in [1.82, 2.24) is 24.4 Å². The van der Waals surface area contributed by atoms with Gasteiger partial charge in [-0.2, -0.15) is 4.98 Å². The van der Waals surface area contributed by atoms with Crippen molar-refractivity contribution >= 4 is 23.4 Å². The van der Waals surface area contributed by atoms with Gasteiger partial charge in [0.25, 0.3) is 0 Å². The molecule has 2 aliphatic heterocycles. The molecule has 1 aromatic carbocycles. The number of nitrogens with zero attached hydrogens (tertiary/aromatic N) is 7. The first kappa shape index (κ1) is 24.5. The van der Waals surface area contributed by atoms with E-state index in [4.69, 9.17) is 16.2 Å². The van der Waals surface area contributed by atoms with Crippen LogP contribution in [0.15, 0.2) is 46.6 Å². The summed E-state index contributed by atoms with van der Waals surface area (Å²) in [4.78, 5) is 34.3. The first-order valence-corrected chi connectivity index (χ1v) is 12.4.